The molecule has 4 rings (SSSR count). The fraction of sp³-hybridized carbons (Fsp3) is 0.391. The van der Waals surface area contributed by atoms with Gasteiger partial charge in [0.1, 0.15) is 17.5 Å². The smallest absolute Gasteiger partial charge is 0.363 e. The summed E-state index contributed by atoms with van der Waals surface area (Å²) in [7, 11) is 0. The molecule has 1 aromatic carbocycles. The van der Waals surface area contributed by atoms with Gasteiger partial charge in [-0.1, -0.05) is 12.1 Å². The number of thioether (sulfide) groups is 1. The molecule has 0 spiro atoms. The molecule has 2 N–H and O–H groups in total. The van der Waals surface area contributed by atoms with E-state index in [0.29, 0.717) is 29.3 Å². The van der Waals surface area contributed by atoms with E-state index in [2.05, 4.69) is 30.5 Å². The lowest BCUT2D eigenvalue weighted by Crippen LogP contribution is -2.35. The van der Waals surface area contributed by atoms with Crippen LogP contribution in [0.5, 0.6) is 0 Å². The first-order chi connectivity index (χ1) is 16.1. The number of pyridine rings is 1. The Kier molecular flexibility index (Phi) is 6.83. The van der Waals surface area contributed by atoms with E-state index in [-0.39, 0.29) is 34.6 Å². The highest BCUT2D eigenvalue weighted by Gasteiger charge is 2.29. The molecule has 0 aliphatic carbocycles. The molecule has 2 atom stereocenters. The van der Waals surface area contributed by atoms with E-state index < -0.39 is 5.51 Å². The van der Waals surface area contributed by atoms with Gasteiger partial charge in [0.25, 0.3) is 0 Å². The number of hydrogen-bond donors (Lipinski definition) is 2. The molecule has 7 nitrogen and oxygen atoms in total. The molecule has 0 bridgehead atoms. The number of rotatable bonds is 6. The third-order valence-corrected chi connectivity index (χ3v) is 6.27. The number of aromatic nitrogens is 3. The Bertz CT molecular complexity index is 1210. The highest BCUT2D eigenvalue weighted by molar-refractivity contribution is 8.00. The van der Waals surface area contributed by atoms with Crippen molar-refractivity contribution in [3.63, 3.8) is 0 Å². The maximum Gasteiger partial charge on any atom is 0.446 e. The molecule has 1 amide bonds. The van der Waals surface area contributed by atoms with Gasteiger partial charge in [-0.15, -0.1) is 0 Å². The van der Waals surface area contributed by atoms with Crippen LogP contribution in [0.4, 0.5) is 24.8 Å². The van der Waals surface area contributed by atoms with Gasteiger partial charge in [0.15, 0.2) is 0 Å². The highest BCUT2D eigenvalue weighted by atomic mass is 32.2. The maximum atomic E-state index is 12.8. The number of halogens is 3. The molecular formula is C23H25F3N6OS. The average molecular weight is 491 g/mol. The molecule has 0 radical (unpaired) electrons. The van der Waals surface area contributed by atoms with Gasteiger partial charge in [0.2, 0.25) is 5.91 Å². The van der Waals surface area contributed by atoms with Crippen molar-refractivity contribution in [3.8, 4) is 0 Å². The van der Waals surface area contributed by atoms with E-state index >= 15 is 0 Å². The minimum atomic E-state index is -4.34. The monoisotopic (exact) mass is 490 g/mol. The maximum absolute atomic E-state index is 12.8. The Morgan fingerprint density at radius 1 is 1.26 bits per heavy atom. The number of nitrogens with one attached hydrogen (secondary N) is 2. The molecule has 2 aromatic heterocycles. The summed E-state index contributed by atoms with van der Waals surface area (Å²) in [5.74, 6) is 1.85. The molecule has 1 unspecified atom stereocenters. The number of amides is 1. The van der Waals surface area contributed by atoms with Crippen LogP contribution in [0.15, 0.2) is 41.4 Å². The van der Waals surface area contributed by atoms with Crippen molar-refractivity contribution in [1.82, 2.24) is 20.3 Å². The predicted octanol–water partition coefficient (Wildman–Crippen LogP) is 4.83. The number of aryl methyl sites for hydroxylation is 1. The second-order valence-electron chi connectivity index (χ2n) is 8.30. The van der Waals surface area contributed by atoms with E-state index in [1.54, 1.807) is 25.3 Å². The Morgan fingerprint density at radius 3 is 2.79 bits per heavy atom. The third kappa shape index (κ3) is 5.88. The van der Waals surface area contributed by atoms with Crippen molar-refractivity contribution in [2.75, 3.05) is 23.3 Å². The molecule has 34 heavy (non-hydrogen) atoms. The minimum absolute atomic E-state index is 0.0552. The van der Waals surface area contributed by atoms with Crippen LogP contribution in [0.3, 0.4) is 0 Å². The van der Waals surface area contributed by atoms with Gasteiger partial charge >= 0.3 is 5.51 Å². The lowest BCUT2D eigenvalue weighted by molar-refractivity contribution is -0.119. The van der Waals surface area contributed by atoms with Crippen molar-refractivity contribution in [2.24, 2.45) is 0 Å². The molecule has 11 heteroatoms. The molecule has 1 saturated heterocycles. The Morgan fingerprint density at radius 2 is 2.06 bits per heavy atom. The summed E-state index contributed by atoms with van der Waals surface area (Å²) in [5.41, 5.74) is -2.96. The third-order valence-electron chi connectivity index (χ3n) is 5.54. The highest BCUT2D eigenvalue weighted by Crippen LogP contribution is 2.38. The lowest BCUT2D eigenvalue weighted by atomic mass is 10.1. The number of carbonyl (C=O) groups is 1. The van der Waals surface area contributed by atoms with Crippen molar-refractivity contribution in [3.05, 3.63) is 47.9 Å². The van der Waals surface area contributed by atoms with E-state index in [1.807, 2.05) is 13.0 Å². The second kappa shape index (κ2) is 9.65. The number of nitrogens with zero attached hydrogens (tertiary/aromatic N) is 4. The van der Waals surface area contributed by atoms with E-state index in [1.165, 1.54) is 19.1 Å². The lowest BCUT2D eigenvalue weighted by Gasteiger charge is -2.20. The molecule has 180 valence electrons. The number of benzene rings is 1. The first-order valence-corrected chi connectivity index (χ1v) is 11.7. The number of carbonyl (C=O) groups excluding carboxylic acids is 1. The van der Waals surface area contributed by atoms with Crippen LogP contribution in [-0.4, -0.2) is 45.5 Å². The van der Waals surface area contributed by atoms with Crippen LogP contribution < -0.4 is 15.5 Å². The number of alkyl halides is 3. The number of fused-ring (bicyclic) bond motifs is 1. The Balaban J connectivity index is 1.59. The molecule has 3 aromatic rings. The number of hydrogen-bond acceptors (Lipinski definition) is 7. The summed E-state index contributed by atoms with van der Waals surface area (Å²) in [5, 5.41) is 7.05. The molecule has 1 fully saturated rings. The summed E-state index contributed by atoms with van der Waals surface area (Å²) < 4.78 is 38.4. The fourth-order valence-electron chi connectivity index (χ4n) is 4.06. The molecule has 1 aliphatic heterocycles. The second-order valence-corrected chi connectivity index (χ2v) is 9.44. The van der Waals surface area contributed by atoms with Crippen molar-refractivity contribution in [2.45, 2.75) is 49.7 Å². The standard InChI is InChI=1S/C23H25F3N6OS/c1-13(16-5-4-6-18(9-16)34-23(24,25)26)28-22-19-10-21(27-11-20(19)29-14(2)30-22)32-8-7-17(12-32)31-15(3)33/h4-6,9-11,13,17H,7-8,12H2,1-3H3,(H,31,33)(H,28,29,30)/t13?,17-/m1/s1. The van der Waals surface area contributed by atoms with Gasteiger partial charge in [0, 0.05) is 36.3 Å². The van der Waals surface area contributed by atoms with Crippen molar-refractivity contribution in [1.29, 1.82) is 0 Å². The summed E-state index contributed by atoms with van der Waals surface area (Å²) in [6.07, 6.45) is 2.53. The fourth-order valence-corrected chi connectivity index (χ4v) is 4.67. The van der Waals surface area contributed by atoms with E-state index in [9.17, 15) is 18.0 Å². The van der Waals surface area contributed by atoms with Crippen molar-refractivity contribution >= 4 is 40.2 Å². The first kappa shape index (κ1) is 24.1. The van der Waals surface area contributed by atoms with Gasteiger partial charge in [0.05, 0.1) is 17.8 Å². The minimum Gasteiger partial charge on any atom is -0.363 e. The van der Waals surface area contributed by atoms with Crippen molar-refractivity contribution < 1.29 is 18.0 Å². The summed E-state index contributed by atoms with van der Waals surface area (Å²) in [4.78, 5) is 27.2. The first-order valence-electron chi connectivity index (χ1n) is 10.9. The summed E-state index contributed by atoms with van der Waals surface area (Å²) in [6.45, 7) is 6.59. The largest absolute Gasteiger partial charge is 0.446 e. The Labute approximate surface area is 199 Å². The van der Waals surface area contributed by atoms with Crippen LogP contribution >= 0.6 is 11.8 Å². The Hall–Kier alpha value is -3.08. The van der Waals surface area contributed by atoms with Crippen LogP contribution in [0.2, 0.25) is 0 Å². The zero-order chi connectivity index (χ0) is 24.5. The zero-order valence-corrected chi connectivity index (χ0v) is 19.8. The van der Waals surface area contributed by atoms with Gasteiger partial charge in [-0.25, -0.2) is 15.0 Å². The quantitative estimate of drug-likeness (QED) is 0.479. The normalized spacial score (nSPS) is 17.1. The van der Waals surface area contributed by atoms with Gasteiger partial charge in [-0.3, -0.25) is 4.79 Å². The van der Waals surface area contributed by atoms with Crippen LogP contribution in [0.25, 0.3) is 10.9 Å². The van der Waals surface area contributed by atoms with E-state index in [0.717, 1.165) is 24.2 Å². The number of anilines is 2. The zero-order valence-electron chi connectivity index (χ0n) is 19.0. The summed E-state index contributed by atoms with van der Waals surface area (Å²) >= 11 is -0.130. The van der Waals surface area contributed by atoms with Gasteiger partial charge in [-0.2, -0.15) is 13.2 Å². The van der Waals surface area contributed by atoms with Crippen LogP contribution in [0, 0.1) is 6.92 Å². The topological polar surface area (TPSA) is 83.0 Å². The SMILES string of the molecule is CC(=O)N[C@@H]1CCN(c2cc3c(NC(C)c4cccc(SC(F)(F)F)c4)nc(C)nc3cn2)C1. The van der Waals surface area contributed by atoms with Crippen LogP contribution in [0.1, 0.15) is 37.7 Å². The molecule has 0 saturated carbocycles. The van der Waals surface area contributed by atoms with Gasteiger partial charge in [-0.05, 0) is 55.8 Å². The van der Waals surface area contributed by atoms with Crippen LogP contribution in [-0.2, 0) is 4.79 Å². The molecular weight excluding hydrogens is 465 g/mol. The molecule has 1 aliphatic rings. The summed E-state index contributed by atoms with van der Waals surface area (Å²) in [6, 6.07) is 8.07. The van der Waals surface area contributed by atoms with E-state index in [4.69, 9.17) is 0 Å². The van der Waals surface area contributed by atoms with Gasteiger partial charge < -0.3 is 15.5 Å². The average Bonchev–Trinajstić information content (AvgIpc) is 3.20. The predicted molar refractivity (Wildman–Crippen MR) is 127 cm³/mol. The molecule has 3 heterocycles.